The van der Waals surface area contributed by atoms with Gasteiger partial charge in [0.2, 0.25) is 5.91 Å². The summed E-state index contributed by atoms with van der Waals surface area (Å²) >= 11 is 0. The minimum Gasteiger partial charge on any atom is -0.356 e. The number of hydrogen-bond donors (Lipinski definition) is 2. The molecule has 1 aliphatic heterocycles. The van der Waals surface area contributed by atoms with Crippen LogP contribution in [0.3, 0.4) is 0 Å². The van der Waals surface area contributed by atoms with Crippen LogP contribution in [0.25, 0.3) is 0 Å². The first-order chi connectivity index (χ1) is 8.37. The molecule has 0 aromatic rings. The molecule has 1 unspecified atom stereocenters. The number of carbonyl (C=O) groups is 1. The first-order valence-corrected chi connectivity index (χ1v) is 7.36. The Morgan fingerprint density at radius 3 is 2.44 bits per heavy atom. The van der Waals surface area contributed by atoms with E-state index in [1.165, 1.54) is 12.8 Å². The molecule has 1 amide bonds. The van der Waals surface area contributed by atoms with Gasteiger partial charge >= 0.3 is 0 Å². The van der Waals surface area contributed by atoms with Crippen molar-refractivity contribution in [1.29, 1.82) is 0 Å². The van der Waals surface area contributed by atoms with E-state index in [1.54, 1.807) is 0 Å². The quantitative estimate of drug-likeness (QED) is 0.805. The Labute approximate surface area is 111 Å². The van der Waals surface area contributed by atoms with E-state index in [2.05, 4.69) is 38.3 Å². The highest BCUT2D eigenvalue weighted by atomic mass is 16.2. The van der Waals surface area contributed by atoms with Crippen molar-refractivity contribution in [3.05, 3.63) is 0 Å². The minimum absolute atomic E-state index is 0.156. The van der Waals surface area contributed by atoms with E-state index in [0.717, 1.165) is 32.0 Å². The van der Waals surface area contributed by atoms with Gasteiger partial charge in [-0.05, 0) is 49.1 Å². The van der Waals surface area contributed by atoms with Gasteiger partial charge in [-0.15, -0.1) is 0 Å². The number of hydrogen-bond acceptors (Lipinski definition) is 2. The molecule has 3 nitrogen and oxygen atoms in total. The summed E-state index contributed by atoms with van der Waals surface area (Å²) < 4.78 is 0. The van der Waals surface area contributed by atoms with E-state index in [9.17, 15) is 4.79 Å². The SMILES string of the molecule is CC1(C)C(C(=O)NCCC2CCCNC2)C1(C)C. The lowest BCUT2D eigenvalue weighted by atomic mass is 9.96. The lowest BCUT2D eigenvalue weighted by Gasteiger charge is -2.22. The van der Waals surface area contributed by atoms with Crippen LogP contribution in [0.15, 0.2) is 0 Å². The van der Waals surface area contributed by atoms with Crippen LogP contribution in [0.5, 0.6) is 0 Å². The van der Waals surface area contributed by atoms with Gasteiger partial charge in [0, 0.05) is 12.5 Å². The van der Waals surface area contributed by atoms with Crippen molar-refractivity contribution in [2.24, 2.45) is 22.7 Å². The first kappa shape index (κ1) is 13.9. The molecule has 0 bridgehead atoms. The molecule has 2 N–H and O–H groups in total. The van der Waals surface area contributed by atoms with Gasteiger partial charge in [0.1, 0.15) is 0 Å². The van der Waals surface area contributed by atoms with Crippen molar-refractivity contribution in [2.45, 2.75) is 47.0 Å². The van der Waals surface area contributed by atoms with Crippen molar-refractivity contribution in [1.82, 2.24) is 10.6 Å². The predicted octanol–water partition coefficient (Wildman–Crippen LogP) is 2.17. The van der Waals surface area contributed by atoms with Crippen LogP contribution >= 0.6 is 0 Å². The molecule has 1 aliphatic carbocycles. The van der Waals surface area contributed by atoms with Gasteiger partial charge in [-0.2, -0.15) is 0 Å². The zero-order chi connectivity index (χ0) is 13.4. The Kier molecular flexibility index (Phi) is 3.72. The zero-order valence-electron chi connectivity index (χ0n) is 12.3. The molecule has 3 heteroatoms. The minimum atomic E-state index is 0.156. The Hall–Kier alpha value is -0.570. The summed E-state index contributed by atoms with van der Waals surface area (Å²) in [4.78, 5) is 12.2. The molecule has 0 aromatic carbocycles. The highest BCUT2D eigenvalue weighted by molar-refractivity contribution is 5.84. The standard InChI is InChI=1S/C15H28N2O/c1-14(2)12(15(14,3)4)13(18)17-9-7-11-6-5-8-16-10-11/h11-12,16H,5-10H2,1-4H3,(H,17,18). The van der Waals surface area contributed by atoms with Crippen LogP contribution in [-0.4, -0.2) is 25.5 Å². The number of amides is 1. The molecule has 2 rings (SSSR count). The Balaban J connectivity index is 1.70. The van der Waals surface area contributed by atoms with E-state index in [1.807, 2.05) is 0 Å². The lowest BCUT2D eigenvalue weighted by molar-refractivity contribution is -0.123. The fourth-order valence-electron chi connectivity index (χ4n) is 3.52. The van der Waals surface area contributed by atoms with Crippen molar-refractivity contribution in [2.75, 3.05) is 19.6 Å². The van der Waals surface area contributed by atoms with E-state index >= 15 is 0 Å². The predicted molar refractivity (Wildman–Crippen MR) is 74.3 cm³/mol. The molecule has 18 heavy (non-hydrogen) atoms. The molecule has 1 heterocycles. The molecule has 1 saturated carbocycles. The smallest absolute Gasteiger partial charge is 0.224 e. The maximum Gasteiger partial charge on any atom is 0.224 e. The summed E-state index contributed by atoms with van der Waals surface area (Å²) in [6, 6.07) is 0. The Bertz CT molecular complexity index is 302. The molecule has 0 spiro atoms. The van der Waals surface area contributed by atoms with E-state index in [-0.39, 0.29) is 22.7 Å². The molecule has 1 saturated heterocycles. The van der Waals surface area contributed by atoms with Crippen LogP contribution in [0.1, 0.15) is 47.0 Å². The summed E-state index contributed by atoms with van der Waals surface area (Å²) in [5, 5.41) is 6.56. The molecule has 1 atom stereocenters. The first-order valence-electron chi connectivity index (χ1n) is 7.36. The van der Waals surface area contributed by atoms with Crippen molar-refractivity contribution in [3.8, 4) is 0 Å². The molecule has 0 aromatic heterocycles. The Morgan fingerprint density at radius 1 is 1.28 bits per heavy atom. The van der Waals surface area contributed by atoms with Gasteiger partial charge in [0.15, 0.2) is 0 Å². The summed E-state index contributed by atoms with van der Waals surface area (Å²) in [6.45, 7) is 11.9. The summed E-state index contributed by atoms with van der Waals surface area (Å²) in [5.74, 6) is 1.20. The number of rotatable bonds is 4. The second kappa shape index (κ2) is 4.84. The van der Waals surface area contributed by atoms with Crippen molar-refractivity contribution < 1.29 is 4.79 Å². The third-order valence-electron chi connectivity index (χ3n) is 5.53. The lowest BCUT2D eigenvalue weighted by Crippen LogP contribution is -2.34. The van der Waals surface area contributed by atoms with Gasteiger partial charge in [-0.25, -0.2) is 0 Å². The number of piperidine rings is 1. The van der Waals surface area contributed by atoms with E-state index < -0.39 is 0 Å². The molecule has 2 aliphatic rings. The van der Waals surface area contributed by atoms with Crippen LogP contribution in [-0.2, 0) is 4.79 Å². The number of carbonyl (C=O) groups excluding carboxylic acids is 1. The third kappa shape index (κ3) is 2.42. The van der Waals surface area contributed by atoms with E-state index in [4.69, 9.17) is 0 Å². The van der Waals surface area contributed by atoms with Crippen LogP contribution in [0.2, 0.25) is 0 Å². The maximum atomic E-state index is 12.2. The highest BCUT2D eigenvalue weighted by Crippen LogP contribution is 2.68. The second-order valence-electron chi connectivity index (χ2n) is 7.17. The zero-order valence-corrected chi connectivity index (χ0v) is 12.3. The largest absolute Gasteiger partial charge is 0.356 e. The topological polar surface area (TPSA) is 41.1 Å². The molecular weight excluding hydrogens is 224 g/mol. The third-order valence-corrected chi connectivity index (χ3v) is 5.53. The number of nitrogens with one attached hydrogen (secondary N) is 2. The van der Waals surface area contributed by atoms with Crippen molar-refractivity contribution in [3.63, 3.8) is 0 Å². The Morgan fingerprint density at radius 2 is 1.94 bits per heavy atom. The van der Waals surface area contributed by atoms with Crippen LogP contribution < -0.4 is 10.6 Å². The fraction of sp³-hybridized carbons (Fsp3) is 0.933. The average molecular weight is 252 g/mol. The monoisotopic (exact) mass is 252 g/mol. The fourth-order valence-corrected chi connectivity index (χ4v) is 3.52. The highest BCUT2D eigenvalue weighted by Gasteiger charge is 2.68. The molecular formula is C15H28N2O. The molecule has 104 valence electrons. The molecule has 2 fully saturated rings. The summed E-state index contributed by atoms with van der Waals surface area (Å²) in [5.41, 5.74) is 0.312. The van der Waals surface area contributed by atoms with Crippen molar-refractivity contribution >= 4 is 5.91 Å². The summed E-state index contributed by atoms with van der Waals surface area (Å²) in [6.07, 6.45) is 3.71. The second-order valence-corrected chi connectivity index (χ2v) is 7.17. The van der Waals surface area contributed by atoms with Gasteiger partial charge in [-0.3, -0.25) is 4.79 Å². The van der Waals surface area contributed by atoms with Gasteiger partial charge in [0.25, 0.3) is 0 Å². The normalized spacial score (nSPS) is 29.9. The van der Waals surface area contributed by atoms with E-state index in [0.29, 0.717) is 0 Å². The summed E-state index contributed by atoms with van der Waals surface area (Å²) in [7, 11) is 0. The molecule has 0 radical (unpaired) electrons. The van der Waals surface area contributed by atoms with Gasteiger partial charge in [-0.1, -0.05) is 27.7 Å². The van der Waals surface area contributed by atoms with Crippen LogP contribution in [0.4, 0.5) is 0 Å². The maximum absolute atomic E-state index is 12.2. The van der Waals surface area contributed by atoms with Gasteiger partial charge < -0.3 is 10.6 Å². The average Bonchev–Trinajstić information content (AvgIpc) is 2.70. The van der Waals surface area contributed by atoms with Gasteiger partial charge in [0.05, 0.1) is 0 Å². The van der Waals surface area contributed by atoms with Crippen LogP contribution in [0, 0.1) is 22.7 Å².